The van der Waals surface area contributed by atoms with Gasteiger partial charge >= 0.3 is 0 Å². The number of hydrogen-bond donors (Lipinski definition) is 1. The van der Waals surface area contributed by atoms with Crippen molar-refractivity contribution < 1.29 is 8.78 Å². The van der Waals surface area contributed by atoms with E-state index in [-0.39, 0.29) is 17.7 Å². The zero-order valence-corrected chi connectivity index (χ0v) is 13.7. The maximum atomic E-state index is 13.9. The van der Waals surface area contributed by atoms with Gasteiger partial charge in [0.1, 0.15) is 5.69 Å². The normalized spacial score (nSPS) is 14.2. The summed E-state index contributed by atoms with van der Waals surface area (Å²) in [7, 11) is 0. The summed E-state index contributed by atoms with van der Waals surface area (Å²) < 4.78 is 27.3. The minimum atomic E-state index is -0.868. The van der Waals surface area contributed by atoms with Crippen molar-refractivity contribution in [1.29, 1.82) is 0 Å². The quantitative estimate of drug-likeness (QED) is 0.778. The van der Waals surface area contributed by atoms with Crippen molar-refractivity contribution in [1.82, 2.24) is 24.8 Å². The Hall–Kier alpha value is -3.00. The number of aromatic amines is 1. The molecule has 3 aromatic rings. The van der Waals surface area contributed by atoms with Crippen LogP contribution in [-0.2, 0) is 19.5 Å². The highest BCUT2D eigenvalue weighted by atomic mass is 19.2. The third-order valence-corrected chi connectivity index (χ3v) is 4.38. The summed E-state index contributed by atoms with van der Waals surface area (Å²) in [6.45, 7) is 1.15. The molecule has 3 heterocycles. The molecule has 1 N–H and O–H groups in total. The molecule has 1 aliphatic heterocycles. The first kappa shape index (κ1) is 16.5. The van der Waals surface area contributed by atoms with Crippen LogP contribution in [0.5, 0.6) is 0 Å². The van der Waals surface area contributed by atoms with Gasteiger partial charge in [-0.2, -0.15) is 0 Å². The first-order chi connectivity index (χ1) is 12.6. The van der Waals surface area contributed by atoms with Crippen LogP contribution >= 0.6 is 0 Å². The van der Waals surface area contributed by atoms with Crippen LogP contribution in [0.25, 0.3) is 11.5 Å². The van der Waals surface area contributed by atoms with Gasteiger partial charge in [0.05, 0.1) is 17.5 Å². The molecule has 0 saturated heterocycles. The molecule has 1 aromatic carbocycles. The van der Waals surface area contributed by atoms with Gasteiger partial charge in [0.2, 0.25) is 0 Å². The predicted molar refractivity (Wildman–Crippen MR) is 90.1 cm³/mol. The second-order valence-corrected chi connectivity index (χ2v) is 6.10. The second-order valence-electron chi connectivity index (χ2n) is 6.10. The Morgan fingerprint density at radius 1 is 1.23 bits per heavy atom. The average molecular weight is 355 g/mol. The van der Waals surface area contributed by atoms with E-state index in [2.05, 4.69) is 19.9 Å². The lowest BCUT2D eigenvalue weighted by molar-refractivity contribution is 0.237. The molecular weight excluding hydrogens is 340 g/mol. The molecule has 132 valence electrons. The van der Waals surface area contributed by atoms with E-state index in [1.807, 2.05) is 4.90 Å². The molecule has 0 amide bonds. The van der Waals surface area contributed by atoms with Crippen LogP contribution in [0.15, 0.2) is 41.6 Å². The number of fused-ring (bicyclic) bond motifs is 1. The van der Waals surface area contributed by atoms with Gasteiger partial charge in [0.25, 0.3) is 5.56 Å². The van der Waals surface area contributed by atoms with E-state index in [4.69, 9.17) is 0 Å². The maximum Gasteiger partial charge on any atom is 0.255 e. The zero-order chi connectivity index (χ0) is 18.1. The van der Waals surface area contributed by atoms with Crippen molar-refractivity contribution in [3.63, 3.8) is 0 Å². The van der Waals surface area contributed by atoms with Crippen LogP contribution < -0.4 is 5.56 Å². The van der Waals surface area contributed by atoms with Gasteiger partial charge in [0, 0.05) is 44.0 Å². The first-order valence-corrected chi connectivity index (χ1v) is 8.15. The second kappa shape index (κ2) is 6.72. The number of halogens is 2. The smallest absolute Gasteiger partial charge is 0.255 e. The third-order valence-electron chi connectivity index (χ3n) is 4.38. The Morgan fingerprint density at radius 2 is 2.12 bits per heavy atom. The molecular formula is C18H15F2N5O. The number of hydrogen-bond acceptors (Lipinski definition) is 5. The van der Waals surface area contributed by atoms with E-state index in [1.54, 1.807) is 12.3 Å². The standard InChI is InChI=1S/C18H15F2N5O/c19-13-3-1-2-11(16(13)20)9-25-7-4-14-12(10-25)18(26)24-17(23-14)15-8-21-5-6-22-15/h1-3,5-6,8H,4,7,9-10H2,(H,23,24,26). The molecule has 0 aliphatic carbocycles. The summed E-state index contributed by atoms with van der Waals surface area (Å²) in [4.78, 5) is 29.7. The lowest BCUT2D eigenvalue weighted by atomic mass is 10.1. The van der Waals surface area contributed by atoms with Crippen LogP contribution in [0.2, 0.25) is 0 Å². The van der Waals surface area contributed by atoms with E-state index in [9.17, 15) is 13.6 Å². The maximum absolute atomic E-state index is 13.9. The van der Waals surface area contributed by atoms with Gasteiger partial charge in [0.15, 0.2) is 17.5 Å². The Bertz CT molecular complexity index is 1010. The van der Waals surface area contributed by atoms with Crippen LogP contribution in [-0.4, -0.2) is 31.4 Å². The minimum absolute atomic E-state index is 0.231. The molecule has 4 rings (SSSR count). The van der Waals surface area contributed by atoms with Crippen molar-refractivity contribution in [3.8, 4) is 11.5 Å². The van der Waals surface area contributed by atoms with Crippen molar-refractivity contribution in [2.75, 3.05) is 6.54 Å². The summed E-state index contributed by atoms with van der Waals surface area (Å²) in [6, 6.07) is 4.12. The molecule has 1 aliphatic rings. The molecule has 2 aromatic heterocycles. The van der Waals surface area contributed by atoms with Gasteiger partial charge in [-0.15, -0.1) is 0 Å². The third kappa shape index (κ3) is 3.11. The largest absolute Gasteiger partial charge is 0.305 e. The van der Waals surface area contributed by atoms with E-state index in [1.165, 1.54) is 18.5 Å². The monoisotopic (exact) mass is 355 g/mol. The summed E-state index contributed by atoms with van der Waals surface area (Å²) in [5.41, 5.74) is 1.76. The van der Waals surface area contributed by atoms with E-state index < -0.39 is 11.6 Å². The summed E-state index contributed by atoms with van der Waals surface area (Å²) in [5.74, 6) is -1.33. The topological polar surface area (TPSA) is 74.8 Å². The highest BCUT2D eigenvalue weighted by molar-refractivity contribution is 5.47. The molecule has 0 unspecified atom stereocenters. The fraction of sp³-hybridized carbons (Fsp3) is 0.222. The summed E-state index contributed by atoms with van der Waals surface area (Å²) >= 11 is 0. The number of rotatable bonds is 3. The van der Waals surface area contributed by atoms with Crippen molar-refractivity contribution in [2.45, 2.75) is 19.5 Å². The lowest BCUT2D eigenvalue weighted by Crippen LogP contribution is -2.35. The number of aromatic nitrogens is 4. The zero-order valence-electron chi connectivity index (χ0n) is 13.7. The minimum Gasteiger partial charge on any atom is -0.305 e. The predicted octanol–water partition coefficient (Wildman–Crippen LogP) is 2.06. The molecule has 6 nitrogen and oxygen atoms in total. The van der Waals surface area contributed by atoms with E-state index in [0.29, 0.717) is 42.3 Å². The highest BCUT2D eigenvalue weighted by Crippen LogP contribution is 2.20. The summed E-state index contributed by atoms with van der Waals surface area (Å²) in [6.07, 6.45) is 5.16. The average Bonchev–Trinajstić information content (AvgIpc) is 2.66. The van der Waals surface area contributed by atoms with Gasteiger partial charge < -0.3 is 4.98 Å². The fourth-order valence-electron chi connectivity index (χ4n) is 3.07. The Kier molecular flexibility index (Phi) is 4.26. The van der Waals surface area contributed by atoms with Gasteiger partial charge in [-0.1, -0.05) is 12.1 Å². The number of benzene rings is 1. The highest BCUT2D eigenvalue weighted by Gasteiger charge is 2.23. The lowest BCUT2D eigenvalue weighted by Gasteiger charge is -2.27. The fourth-order valence-corrected chi connectivity index (χ4v) is 3.07. The van der Waals surface area contributed by atoms with E-state index >= 15 is 0 Å². The molecule has 0 bridgehead atoms. The van der Waals surface area contributed by atoms with Crippen LogP contribution in [0.1, 0.15) is 16.8 Å². The Labute approximate surface area is 147 Å². The van der Waals surface area contributed by atoms with Crippen LogP contribution in [0.4, 0.5) is 8.78 Å². The van der Waals surface area contributed by atoms with Crippen LogP contribution in [0, 0.1) is 11.6 Å². The summed E-state index contributed by atoms with van der Waals surface area (Å²) in [5, 5.41) is 0. The van der Waals surface area contributed by atoms with Crippen molar-refractivity contribution >= 4 is 0 Å². The van der Waals surface area contributed by atoms with Gasteiger partial charge in [-0.25, -0.2) is 18.7 Å². The number of nitrogens with one attached hydrogen (secondary N) is 1. The van der Waals surface area contributed by atoms with Crippen LogP contribution in [0.3, 0.4) is 0 Å². The number of nitrogens with zero attached hydrogens (tertiary/aromatic N) is 4. The molecule has 0 radical (unpaired) electrons. The molecule has 8 heteroatoms. The SMILES string of the molecule is O=c1[nH]c(-c2cnccn2)nc2c1CN(Cc1cccc(F)c1F)CC2. The Morgan fingerprint density at radius 3 is 2.92 bits per heavy atom. The molecule has 0 saturated carbocycles. The van der Waals surface area contributed by atoms with Crippen molar-refractivity contribution in [3.05, 3.63) is 75.6 Å². The Balaban J connectivity index is 1.60. The van der Waals surface area contributed by atoms with Crippen molar-refractivity contribution in [2.24, 2.45) is 0 Å². The molecule has 26 heavy (non-hydrogen) atoms. The number of H-pyrrole nitrogens is 1. The first-order valence-electron chi connectivity index (χ1n) is 8.15. The van der Waals surface area contributed by atoms with E-state index in [0.717, 1.165) is 6.07 Å². The molecule has 0 spiro atoms. The molecule has 0 atom stereocenters. The van der Waals surface area contributed by atoms with Gasteiger partial charge in [-0.05, 0) is 6.07 Å². The van der Waals surface area contributed by atoms with Gasteiger partial charge in [-0.3, -0.25) is 14.7 Å². The molecule has 0 fully saturated rings.